The summed E-state index contributed by atoms with van der Waals surface area (Å²) in [6.45, 7) is 6.90. The Kier molecular flexibility index (Phi) is 4.73. The van der Waals surface area contributed by atoms with Gasteiger partial charge in [0, 0.05) is 13.1 Å². The quantitative estimate of drug-likeness (QED) is 0.713. The van der Waals surface area contributed by atoms with E-state index in [0.717, 1.165) is 19.4 Å². The van der Waals surface area contributed by atoms with Gasteiger partial charge in [-0.2, -0.15) is 4.80 Å². The second-order valence-corrected chi connectivity index (χ2v) is 7.33. The molecule has 8 heteroatoms. The van der Waals surface area contributed by atoms with E-state index in [1.165, 1.54) is 0 Å². The van der Waals surface area contributed by atoms with E-state index in [1.807, 2.05) is 20.8 Å². The van der Waals surface area contributed by atoms with Crippen molar-refractivity contribution in [3.8, 4) is 0 Å². The van der Waals surface area contributed by atoms with Crippen molar-refractivity contribution < 1.29 is 9.53 Å². The molecule has 2 heterocycles. The molecule has 1 unspecified atom stereocenters. The number of likely N-dealkylation sites (tertiary alicyclic amines) is 1. The molecular weight excluding hydrogens is 392 g/mol. The highest BCUT2D eigenvalue weighted by Gasteiger charge is 2.29. The third kappa shape index (κ3) is 3.94. The predicted octanol–water partition coefficient (Wildman–Crippen LogP) is 3.38. The molecule has 1 fully saturated rings. The second kappa shape index (κ2) is 6.01. The normalized spacial score (nSPS) is 20.1. The molecule has 2 rings (SSSR count). The zero-order valence-electron chi connectivity index (χ0n) is 11.8. The molecule has 0 saturated carbocycles. The molecule has 0 aliphatic carbocycles. The summed E-state index contributed by atoms with van der Waals surface area (Å²) in [6.07, 6.45) is 1.60. The molecule has 0 N–H and O–H groups in total. The minimum Gasteiger partial charge on any atom is -0.444 e. The van der Waals surface area contributed by atoms with Gasteiger partial charge in [-0.05, 0) is 65.5 Å². The van der Waals surface area contributed by atoms with Crippen molar-refractivity contribution >= 4 is 38.0 Å². The molecule has 1 saturated heterocycles. The monoisotopic (exact) mass is 408 g/mol. The minimum atomic E-state index is -0.472. The van der Waals surface area contributed by atoms with Crippen LogP contribution in [0.3, 0.4) is 0 Å². The third-order valence-electron chi connectivity index (χ3n) is 2.93. The van der Waals surface area contributed by atoms with Crippen LogP contribution in [-0.2, 0) is 4.74 Å². The van der Waals surface area contributed by atoms with Gasteiger partial charge < -0.3 is 9.64 Å². The number of halogens is 2. The summed E-state index contributed by atoms with van der Waals surface area (Å²) < 4.78 is 6.75. The zero-order chi connectivity index (χ0) is 14.9. The number of piperidine rings is 1. The first-order valence-electron chi connectivity index (χ1n) is 6.52. The summed E-state index contributed by atoms with van der Waals surface area (Å²) in [5.41, 5.74) is -0.472. The van der Waals surface area contributed by atoms with Crippen molar-refractivity contribution in [2.24, 2.45) is 0 Å². The van der Waals surface area contributed by atoms with Crippen molar-refractivity contribution in [3.63, 3.8) is 0 Å². The number of hydrogen-bond acceptors (Lipinski definition) is 4. The van der Waals surface area contributed by atoms with Crippen LogP contribution in [0.4, 0.5) is 4.79 Å². The lowest BCUT2D eigenvalue weighted by Crippen LogP contribution is -2.43. The van der Waals surface area contributed by atoms with Gasteiger partial charge in [0.25, 0.3) is 0 Å². The fraction of sp³-hybridized carbons (Fsp3) is 0.750. The van der Waals surface area contributed by atoms with Crippen LogP contribution in [0.5, 0.6) is 0 Å². The number of rotatable bonds is 1. The maximum atomic E-state index is 12.1. The van der Waals surface area contributed by atoms with Gasteiger partial charge >= 0.3 is 6.09 Å². The first-order valence-corrected chi connectivity index (χ1v) is 8.10. The highest BCUT2D eigenvalue weighted by Crippen LogP contribution is 2.25. The maximum Gasteiger partial charge on any atom is 0.410 e. The molecule has 1 aromatic rings. The van der Waals surface area contributed by atoms with Gasteiger partial charge in [-0.3, -0.25) is 0 Å². The van der Waals surface area contributed by atoms with E-state index in [4.69, 9.17) is 4.74 Å². The van der Waals surface area contributed by atoms with Crippen molar-refractivity contribution in [3.05, 3.63) is 9.21 Å². The van der Waals surface area contributed by atoms with Crippen molar-refractivity contribution in [2.75, 3.05) is 13.1 Å². The number of aromatic nitrogens is 3. The van der Waals surface area contributed by atoms with Crippen molar-refractivity contribution in [1.82, 2.24) is 19.9 Å². The van der Waals surface area contributed by atoms with E-state index in [2.05, 4.69) is 42.1 Å². The number of hydrogen-bond donors (Lipinski definition) is 0. The molecule has 1 amide bonds. The van der Waals surface area contributed by atoms with Crippen LogP contribution in [0, 0.1) is 0 Å². The molecule has 20 heavy (non-hydrogen) atoms. The average Bonchev–Trinajstić information content (AvgIpc) is 2.68. The molecule has 0 aromatic carbocycles. The van der Waals surface area contributed by atoms with Gasteiger partial charge in [-0.15, -0.1) is 10.2 Å². The van der Waals surface area contributed by atoms with Crippen LogP contribution >= 0.6 is 31.9 Å². The lowest BCUT2D eigenvalue weighted by molar-refractivity contribution is 0.0160. The first kappa shape index (κ1) is 15.8. The molecule has 1 aliphatic heterocycles. The van der Waals surface area contributed by atoms with E-state index in [9.17, 15) is 4.79 Å². The van der Waals surface area contributed by atoms with Gasteiger partial charge in [0.2, 0.25) is 0 Å². The third-order valence-corrected chi connectivity index (χ3v) is 4.53. The molecule has 0 radical (unpaired) electrons. The highest BCUT2D eigenvalue weighted by atomic mass is 79.9. The number of carbonyl (C=O) groups is 1. The van der Waals surface area contributed by atoms with Gasteiger partial charge in [0.1, 0.15) is 5.60 Å². The number of ether oxygens (including phenoxy) is 1. The van der Waals surface area contributed by atoms with Crippen LogP contribution in [0.15, 0.2) is 9.21 Å². The van der Waals surface area contributed by atoms with Crippen LogP contribution < -0.4 is 0 Å². The molecule has 0 spiro atoms. The Morgan fingerprint density at radius 2 is 1.90 bits per heavy atom. The van der Waals surface area contributed by atoms with E-state index >= 15 is 0 Å². The molecule has 1 aliphatic rings. The average molecular weight is 410 g/mol. The maximum absolute atomic E-state index is 12.1. The number of carbonyl (C=O) groups excluding carboxylic acids is 1. The van der Waals surface area contributed by atoms with Gasteiger partial charge in [-0.25, -0.2) is 4.79 Å². The smallest absolute Gasteiger partial charge is 0.410 e. The molecule has 112 valence electrons. The van der Waals surface area contributed by atoms with E-state index in [-0.39, 0.29) is 12.1 Å². The first-order chi connectivity index (χ1) is 9.26. The van der Waals surface area contributed by atoms with Gasteiger partial charge in [0.05, 0.1) is 6.04 Å². The van der Waals surface area contributed by atoms with Gasteiger partial charge in [0.15, 0.2) is 9.21 Å². The summed E-state index contributed by atoms with van der Waals surface area (Å²) in [5, 5.41) is 8.60. The van der Waals surface area contributed by atoms with Crippen LogP contribution in [-0.4, -0.2) is 44.7 Å². The Labute approximate surface area is 135 Å². The molecule has 6 nitrogen and oxygen atoms in total. The lowest BCUT2D eigenvalue weighted by atomic mass is 10.1. The Bertz CT molecular complexity index is 479. The Morgan fingerprint density at radius 1 is 1.30 bits per heavy atom. The van der Waals surface area contributed by atoms with Crippen LogP contribution in [0.1, 0.15) is 39.7 Å². The van der Waals surface area contributed by atoms with Crippen molar-refractivity contribution in [1.29, 1.82) is 0 Å². The fourth-order valence-electron chi connectivity index (χ4n) is 2.08. The summed E-state index contributed by atoms with van der Waals surface area (Å²) in [4.78, 5) is 15.5. The van der Waals surface area contributed by atoms with E-state index in [0.29, 0.717) is 15.8 Å². The standard InChI is InChI=1S/C12H18Br2N4O2/c1-12(2,3)20-11(19)17-6-4-5-8(7-17)18-15-9(13)10(14)16-18/h8H,4-7H2,1-3H3. The molecule has 0 bridgehead atoms. The Hall–Kier alpha value is -0.630. The largest absolute Gasteiger partial charge is 0.444 e. The van der Waals surface area contributed by atoms with E-state index in [1.54, 1.807) is 9.70 Å². The fourth-order valence-corrected chi connectivity index (χ4v) is 2.57. The lowest BCUT2D eigenvalue weighted by Gasteiger charge is -2.33. The van der Waals surface area contributed by atoms with Crippen LogP contribution in [0.2, 0.25) is 0 Å². The highest BCUT2D eigenvalue weighted by molar-refractivity contribution is 9.13. The van der Waals surface area contributed by atoms with E-state index < -0.39 is 5.60 Å². The number of nitrogens with zero attached hydrogens (tertiary/aromatic N) is 4. The SMILES string of the molecule is CC(C)(C)OC(=O)N1CCCC(n2nc(Br)c(Br)n2)C1. The number of amides is 1. The molecular formula is C12H18Br2N4O2. The van der Waals surface area contributed by atoms with Crippen molar-refractivity contribution in [2.45, 2.75) is 45.3 Å². The topological polar surface area (TPSA) is 60.2 Å². The second-order valence-electron chi connectivity index (χ2n) is 5.82. The molecule has 1 atom stereocenters. The minimum absolute atomic E-state index is 0.0823. The van der Waals surface area contributed by atoms with Gasteiger partial charge in [-0.1, -0.05) is 0 Å². The zero-order valence-corrected chi connectivity index (χ0v) is 14.9. The summed E-state index contributed by atoms with van der Waals surface area (Å²) in [6, 6.07) is 0.0823. The summed E-state index contributed by atoms with van der Waals surface area (Å²) >= 11 is 6.64. The molecule has 1 aromatic heterocycles. The predicted molar refractivity (Wildman–Crippen MR) is 81.5 cm³/mol. The summed E-state index contributed by atoms with van der Waals surface area (Å²) in [5.74, 6) is 0. The van der Waals surface area contributed by atoms with Crippen LogP contribution in [0.25, 0.3) is 0 Å². The Balaban J connectivity index is 2.03. The Morgan fingerprint density at radius 3 is 2.45 bits per heavy atom. The summed E-state index contributed by atoms with van der Waals surface area (Å²) in [7, 11) is 0.